The van der Waals surface area contributed by atoms with Crippen molar-refractivity contribution in [3.8, 4) is 0 Å². The molecule has 1 aliphatic carbocycles. The van der Waals surface area contributed by atoms with Crippen LogP contribution in [0.25, 0.3) is 0 Å². The van der Waals surface area contributed by atoms with E-state index in [-0.39, 0.29) is 11.6 Å². The van der Waals surface area contributed by atoms with Crippen molar-refractivity contribution in [3.63, 3.8) is 0 Å². The summed E-state index contributed by atoms with van der Waals surface area (Å²) in [5, 5.41) is 0.888. The molecular weight excluding hydrogens is 573 g/mol. The summed E-state index contributed by atoms with van der Waals surface area (Å²) in [4.78, 5) is 19.1. The fourth-order valence-corrected chi connectivity index (χ4v) is 4.40. The third-order valence-corrected chi connectivity index (χ3v) is 6.75. The molecule has 38 heavy (non-hydrogen) atoms. The summed E-state index contributed by atoms with van der Waals surface area (Å²) in [6.07, 6.45) is 0. The zero-order valence-corrected chi connectivity index (χ0v) is 19.4. The van der Waals surface area contributed by atoms with E-state index in [1.165, 1.54) is 19.9 Å². The summed E-state index contributed by atoms with van der Waals surface area (Å²) < 4.78 is 179. The van der Waals surface area contributed by atoms with Gasteiger partial charge in [0.1, 0.15) is 11.6 Å². The lowest BCUT2D eigenvalue weighted by Crippen LogP contribution is -2.86. The van der Waals surface area contributed by atoms with Crippen molar-refractivity contribution >= 4 is 27.4 Å². The molecule has 1 fully saturated rings. The first-order valence-electron chi connectivity index (χ1n) is 9.82. The van der Waals surface area contributed by atoms with Gasteiger partial charge < -0.3 is 5.32 Å². The van der Waals surface area contributed by atoms with Crippen molar-refractivity contribution in [1.82, 2.24) is 9.97 Å². The molecule has 210 valence electrons. The number of nitrogens with zero attached hydrogens (tertiary/aromatic N) is 2. The third-order valence-electron chi connectivity index (χ3n) is 5.38. The normalized spacial score (nSPS) is 22.3. The number of amides is 1. The van der Waals surface area contributed by atoms with Gasteiger partial charge >= 0.3 is 35.3 Å². The molecule has 1 amide bonds. The maximum atomic E-state index is 14.8. The molecule has 19 heteroatoms. The number of hydrogen-bond acceptors (Lipinski definition) is 5. The van der Waals surface area contributed by atoms with Crippen LogP contribution in [0.15, 0.2) is 35.2 Å². The number of aromatic nitrogens is 2. The number of anilines is 2. The second-order valence-corrected chi connectivity index (χ2v) is 9.74. The van der Waals surface area contributed by atoms with Crippen LogP contribution in [0.5, 0.6) is 0 Å². The Kier molecular flexibility index (Phi) is 6.46. The van der Waals surface area contributed by atoms with Gasteiger partial charge in [-0.15, -0.1) is 0 Å². The standard InChI is InChI=1S/C19H13F11N4O3S/c1-8-7-12(32-9(2)31-8)34-38(36,37)11-5-3-10(4-6-11)33-13(35)14(20)15(21,22)17(25,26)19(29,30)18(27,28)16(14,23)24/h3-7H,1-2H3,(H,33,35)(H,31,32,34). The Morgan fingerprint density at radius 2 is 1.18 bits per heavy atom. The first kappa shape index (κ1) is 29.3. The monoisotopic (exact) mass is 586 g/mol. The number of sulfonamides is 1. The number of alkyl halides is 11. The van der Waals surface area contributed by atoms with Crippen LogP contribution in [0, 0.1) is 13.8 Å². The highest BCUT2D eigenvalue weighted by Crippen LogP contribution is 2.69. The fraction of sp³-hybridized carbons (Fsp3) is 0.421. The minimum Gasteiger partial charge on any atom is -0.323 e. The summed E-state index contributed by atoms with van der Waals surface area (Å²) in [5.74, 6) is -40.6. The molecule has 2 aromatic rings. The first-order valence-corrected chi connectivity index (χ1v) is 11.3. The average Bonchev–Trinajstić information content (AvgIpc) is 2.76. The van der Waals surface area contributed by atoms with Gasteiger partial charge in [0.25, 0.3) is 15.9 Å². The predicted octanol–water partition coefficient (Wildman–Crippen LogP) is 4.73. The molecule has 3 rings (SSSR count). The number of halogens is 11. The lowest BCUT2D eigenvalue weighted by molar-refractivity contribution is -0.475. The number of carbonyl (C=O) groups excluding carboxylic acids is 1. The fourth-order valence-electron chi connectivity index (χ4n) is 3.41. The van der Waals surface area contributed by atoms with Gasteiger partial charge in [-0.05, 0) is 38.1 Å². The Labute approximate surface area is 205 Å². The Morgan fingerprint density at radius 3 is 1.63 bits per heavy atom. The zero-order valence-electron chi connectivity index (χ0n) is 18.6. The first-order chi connectivity index (χ1) is 17.0. The maximum Gasteiger partial charge on any atom is 0.384 e. The van der Waals surface area contributed by atoms with Crippen LogP contribution in [0.3, 0.4) is 0 Å². The van der Waals surface area contributed by atoms with Crippen molar-refractivity contribution in [2.24, 2.45) is 0 Å². The molecule has 0 bridgehead atoms. The minimum atomic E-state index is -7.47. The van der Waals surface area contributed by atoms with E-state index in [0.717, 1.165) is 5.32 Å². The van der Waals surface area contributed by atoms with Crippen LogP contribution in [0.4, 0.5) is 59.8 Å². The number of carbonyl (C=O) groups is 1. The van der Waals surface area contributed by atoms with Crippen LogP contribution < -0.4 is 10.0 Å². The van der Waals surface area contributed by atoms with Crippen molar-refractivity contribution in [2.75, 3.05) is 10.0 Å². The topological polar surface area (TPSA) is 101 Å². The van der Waals surface area contributed by atoms with Gasteiger partial charge in [-0.2, -0.15) is 43.9 Å². The molecule has 2 N–H and O–H groups in total. The Balaban J connectivity index is 1.94. The summed E-state index contributed by atoms with van der Waals surface area (Å²) in [7, 11) is -4.45. The predicted molar refractivity (Wildman–Crippen MR) is 106 cm³/mol. The van der Waals surface area contributed by atoms with Gasteiger partial charge in [0.2, 0.25) is 0 Å². The molecule has 0 spiro atoms. The van der Waals surface area contributed by atoms with E-state index < -0.39 is 61.8 Å². The molecule has 7 nitrogen and oxygen atoms in total. The van der Waals surface area contributed by atoms with Gasteiger partial charge in [0.05, 0.1) is 4.90 Å². The minimum absolute atomic E-state index is 0.172. The van der Waals surface area contributed by atoms with Crippen molar-refractivity contribution < 1.29 is 61.5 Å². The largest absolute Gasteiger partial charge is 0.384 e. The average molecular weight is 586 g/mol. The van der Waals surface area contributed by atoms with Gasteiger partial charge in [-0.25, -0.2) is 22.8 Å². The number of aryl methyl sites for hydroxylation is 2. The molecule has 0 unspecified atom stereocenters. The van der Waals surface area contributed by atoms with E-state index in [4.69, 9.17) is 0 Å². The lowest BCUT2D eigenvalue weighted by Gasteiger charge is -2.51. The number of benzene rings is 1. The third kappa shape index (κ3) is 3.76. The second kappa shape index (κ2) is 8.37. The van der Waals surface area contributed by atoms with Crippen molar-refractivity contribution in [3.05, 3.63) is 41.9 Å². The molecular formula is C19H13F11N4O3S. The quantitative estimate of drug-likeness (QED) is 0.494. The van der Waals surface area contributed by atoms with Crippen LogP contribution in [-0.4, -0.2) is 59.6 Å². The second-order valence-electron chi connectivity index (χ2n) is 8.06. The van der Waals surface area contributed by atoms with E-state index in [2.05, 4.69) is 9.97 Å². The summed E-state index contributed by atoms with van der Waals surface area (Å²) in [5.41, 5.74) is -7.56. The van der Waals surface area contributed by atoms with E-state index >= 15 is 0 Å². The molecule has 1 aliphatic rings. The van der Waals surface area contributed by atoms with Crippen molar-refractivity contribution in [2.45, 2.75) is 54.0 Å². The zero-order chi connectivity index (χ0) is 29.3. The van der Waals surface area contributed by atoms with Gasteiger partial charge in [0, 0.05) is 17.4 Å². The van der Waals surface area contributed by atoms with Crippen molar-refractivity contribution in [1.29, 1.82) is 0 Å². The number of nitrogens with one attached hydrogen (secondary N) is 2. The van der Waals surface area contributed by atoms with E-state index in [1.54, 1.807) is 0 Å². The van der Waals surface area contributed by atoms with E-state index in [1.807, 2.05) is 4.72 Å². The molecule has 1 heterocycles. The Morgan fingerprint density at radius 1 is 0.737 bits per heavy atom. The maximum absolute atomic E-state index is 14.8. The van der Waals surface area contributed by atoms with Gasteiger partial charge in [-0.1, -0.05) is 0 Å². The van der Waals surface area contributed by atoms with Crippen LogP contribution >= 0.6 is 0 Å². The Hall–Kier alpha value is -3.25. The van der Waals surface area contributed by atoms with Crippen LogP contribution in [0.1, 0.15) is 11.5 Å². The molecule has 0 atom stereocenters. The molecule has 0 aliphatic heterocycles. The van der Waals surface area contributed by atoms with Crippen LogP contribution in [-0.2, 0) is 14.8 Å². The highest BCUT2D eigenvalue weighted by molar-refractivity contribution is 7.92. The lowest BCUT2D eigenvalue weighted by atomic mass is 9.71. The molecule has 0 radical (unpaired) electrons. The summed E-state index contributed by atoms with van der Waals surface area (Å²) in [6, 6.07) is 3.29. The molecule has 1 saturated carbocycles. The van der Waals surface area contributed by atoms with E-state index in [0.29, 0.717) is 30.0 Å². The summed E-state index contributed by atoms with van der Waals surface area (Å²) in [6.45, 7) is 2.94. The van der Waals surface area contributed by atoms with Gasteiger partial charge in [0.15, 0.2) is 0 Å². The summed E-state index contributed by atoms with van der Waals surface area (Å²) >= 11 is 0. The molecule has 0 saturated heterocycles. The molecule has 1 aromatic heterocycles. The SMILES string of the molecule is Cc1cc(NS(=O)(=O)c2ccc(NC(=O)C3(F)C(F)(F)C(F)(F)C(F)(F)C(F)(F)C3(F)F)cc2)nc(C)n1. The highest BCUT2D eigenvalue weighted by Gasteiger charge is 3.02. The molecule has 1 aromatic carbocycles. The number of hydrogen-bond donors (Lipinski definition) is 2. The van der Waals surface area contributed by atoms with E-state index in [9.17, 15) is 61.5 Å². The Bertz CT molecular complexity index is 1330. The number of rotatable bonds is 5. The van der Waals surface area contributed by atoms with Crippen LogP contribution in [0.2, 0.25) is 0 Å². The highest BCUT2D eigenvalue weighted by atomic mass is 32.2. The van der Waals surface area contributed by atoms with Gasteiger partial charge in [-0.3, -0.25) is 9.52 Å². The smallest absolute Gasteiger partial charge is 0.323 e.